The number of hydrogen-bond donors (Lipinski definition) is 1. The van der Waals surface area contributed by atoms with Crippen molar-refractivity contribution in [3.8, 4) is 0 Å². The average Bonchev–Trinajstić information content (AvgIpc) is 1.85. The van der Waals surface area contributed by atoms with Gasteiger partial charge in [-0.1, -0.05) is 15.9 Å². The molecular formula is C8H10BrN. The molecule has 0 atom stereocenters. The van der Waals surface area contributed by atoms with Crippen molar-refractivity contribution in [2.75, 3.05) is 12.4 Å². The van der Waals surface area contributed by atoms with Gasteiger partial charge in [0.15, 0.2) is 0 Å². The highest BCUT2D eigenvalue weighted by molar-refractivity contribution is 9.10. The summed E-state index contributed by atoms with van der Waals surface area (Å²) in [6, 6.07) is 6.23. The molecule has 1 aromatic carbocycles. The van der Waals surface area contributed by atoms with E-state index in [0.717, 1.165) is 10.2 Å². The molecule has 1 nitrogen and oxygen atoms in total. The minimum Gasteiger partial charge on any atom is -0.388 e. The largest absolute Gasteiger partial charge is 0.388 e. The van der Waals surface area contributed by atoms with Crippen molar-refractivity contribution in [2.45, 2.75) is 6.92 Å². The van der Waals surface area contributed by atoms with Crippen LogP contribution >= 0.6 is 15.9 Å². The van der Waals surface area contributed by atoms with Crippen LogP contribution in [0.25, 0.3) is 0 Å². The van der Waals surface area contributed by atoms with Crippen LogP contribution in [-0.2, 0) is 0 Å². The molecule has 54 valence electrons. The highest BCUT2D eigenvalue weighted by Gasteiger charge is 1.91. The second kappa shape index (κ2) is 3.06. The molecule has 1 rings (SSSR count). The van der Waals surface area contributed by atoms with Gasteiger partial charge >= 0.3 is 0 Å². The summed E-state index contributed by atoms with van der Waals surface area (Å²) >= 11 is 3.41. The topological polar surface area (TPSA) is 12.0 Å². The number of rotatable bonds is 1. The lowest BCUT2D eigenvalue weighted by Gasteiger charge is -2.01. The molecule has 10 heavy (non-hydrogen) atoms. The van der Waals surface area contributed by atoms with Crippen LogP contribution in [0.1, 0.15) is 5.56 Å². The Labute approximate surface area is 69.6 Å². The van der Waals surface area contributed by atoms with Gasteiger partial charge in [0.2, 0.25) is 0 Å². The first-order valence-electron chi connectivity index (χ1n) is 3.17. The SMILES string of the molecule is CNc1cc(C)cc(Br)c1. The Hall–Kier alpha value is -0.500. The zero-order chi connectivity index (χ0) is 7.56. The number of benzene rings is 1. The van der Waals surface area contributed by atoms with Gasteiger partial charge in [-0.3, -0.25) is 0 Å². The first-order chi connectivity index (χ1) is 4.72. The lowest BCUT2D eigenvalue weighted by molar-refractivity contribution is 1.41. The van der Waals surface area contributed by atoms with Crippen molar-refractivity contribution >= 4 is 21.6 Å². The third-order valence-electron chi connectivity index (χ3n) is 1.33. The number of anilines is 1. The quantitative estimate of drug-likeness (QED) is 0.734. The van der Waals surface area contributed by atoms with Gasteiger partial charge in [-0.05, 0) is 30.7 Å². The molecule has 0 amide bonds. The van der Waals surface area contributed by atoms with Crippen LogP contribution in [-0.4, -0.2) is 7.05 Å². The van der Waals surface area contributed by atoms with E-state index in [4.69, 9.17) is 0 Å². The second-order valence-electron chi connectivity index (χ2n) is 2.27. The monoisotopic (exact) mass is 199 g/mol. The molecule has 0 bridgehead atoms. The molecule has 0 aliphatic rings. The first kappa shape index (κ1) is 7.61. The summed E-state index contributed by atoms with van der Waals surface area (Å²) in [6.45, 7) is 2.08. The molecule has 0 aliphatic heterocycles. The number of hydrogen-bond acceptors (Lipinski definition) is 1. The van der Waals surface area contributed by atoms with Crippen molar-refractivity contribution in [3.05, 3.63) is 28.2 Å². The van der Waals surface area contributed by atoms with E-state index in [0.29, 0.717) is 0 Å². The van der Waals surface area contributed by atoms with Crippen LogP contribution in [0.5, 0.6) is 0 Å². The van der Waals surface area contributed by atoms with Gasteiger partial charge in [-0.2, -0.15) is 0 Å². The summed E-state index contributed by atoms with van der Waals surface area (Å²) < 4.78 is 1.12. The molecule has 0 aromatic heterocycles. The molecule has 0 radical (unpaired) electrons. The van der Waals surface area contributed by atoms with Crippen molar-refractivity contribution in [3.63, 3.8) is 0 Å². The van der Waals surface area contributed by atoms with E-state index in [2.05, 4.69) is 40.3 Å². The van der Waals surface area contributed by atoms with Gasteiger partial charge in [0, 0.05) is 17.2 Å². The van der Waals surface area contributed by atoms with Crippen LogP contribution < -0.4 is 5.32 Å². The van der Waals surface area contributed by atoms with Crippen molar-refractivity contribution in [1.29, 1.82) is 0 Å². The van der Waals surface area contributed by atoms with E-state index in [1.54, 1.807) is 0 Å². The minimum absolute atomic E-state index is 1.12. The summed E-state index contributed by atoms with van der Waals surface area (Å²) in [7, 11) is 1.92. The predicted octanol–water partition coefficient (Wildman–Crippen LogP) is 2.80. The molecule has 0 fully saturated rings. The zero-order valence-electron chi connectivity index (χ0n) is 6.11. The Morgan fingerprint density at radius 2 is 2.00 bits per heavy atom. The third kappa shape index (κ3) is 1.74. The molecule has 0 heterocycles. The fourth-order valence-corrected chi connectivity index (χ4v) is 1.49. The third-order valence-corrected chi connectivity index (χ3v) is 1.79. The summed E-state index contributed by atoms with van der Waals surface area (Å²) in [5.41, 5.74) is 2.41. The lowest BCUT2D eigenvalue weighted by atomic mass is 10.2. The molecular weight excluding hydrogens is 190 g/mol. The second-order valence-corrected chi connectivity index (χ2v) is 3.18. The highest BCUT2D eigenvalue weighted by Crippen LogP contribution is 2.18. The Kier molecular flexibility index (Phi) is 2.33. The number of halogens is 1. The lowest BCUT2D eigenvalue weighted by Crippen LogP contribution is -1.87. The molecule has 0 spiro atoms. The number of aryl methyl sites for hydroxylation is 1. The fraction of sp³-hybridized carbons (Fsp3) is 0.250. The molecule has 0 saturated heterocycles. The minimum atomic E-state index is 1.12. The van der Waals surface area contributed by atoms with E-state index in [1.807, 2.05) is 13.1 Å². The maximum atomic E-state index is 3.41. The summed E-state index contributed by atoms with van der Waals surface area (Å²) in [5, 5.41) is 3.08. The average molecular weight is 200 g/mol. The van der Waals surface area contributed by atoms with Gasteiger partial charge in [-0.25, -0.2) is 0 Å². The van der Waals surface area contributed by atoms with E-state index in [9.17, 15) is 0 Å². The molecule has 1 aromatic rings. The van der Waals surface area contributed by atoms with Gasteiger partial charge in [0.1, 0.15) is 0 Å². The normalized spacial score (nSPS) is 9.50. The molecule has 2 heteroatoms. The van der Waals surface area contributed by atoms with Crippen LogP contribution in [0.3, 0.4) is 0 Å². The molecule has 0 saturated carbocycles. The summed E-state index contributed by atoms with van der Waals surface area (Å²) in [6.07, 6.45) is 0. The standard InChI is InChI=1S/C8H10BrN/c1-6-3-7(9)5-8(4-6)10-2/h3-5,10H,1-2H3. The van der Waals surface area contributed by atoms with Crippen molar-refractivity contribution in [2.24, 2.45) is 0 Å². The molecule has 0 aliphatic carbocycles. The Bertz CT molecular complexity index is 212. The maximum absolute atomic E-state index is 3.41. The van der Waals surface area contributed by atoms with Gasteiger partial charge in [0.25, 0.3) is 0 Å². The zero-order valence-corrected chi connectivity index (χ0v) is 7.70. The van der Waals surface area contributed by atoms with Gasteiger partial charge < -0.3 is 5.32 Å². The number of nitrogens with one attached hydrogen (secondary N) is 1. The van der Waals surface area contributed by atoms with Crippen molar-refractivity contribution in [1.82, 2.24) is 0 Å². The molecule has 0 unspecified atom stereocenters. The first-order valence-corrected chi connectivity index (χ1v) is 3.96. The smallest absolute Gasteiger partial charge is 0.0351 e. The summed E-state index contributed by atoms with van der Waals surface area (Å²) in [5.74, 6) is 0. The van der Waals surface area contributed by atoms with E-state index in [1.165, 1.54) is 5.56 Å². The van der Waals surface area contributed by atoms with Crippen LogP contribution in [0.4, 0.5) is 5.69 Å². The van der Waals surface area contributed by atoms with E-state index in [-0.39, 0.29) is 0 Å². The maximum Gasteiger partial charge on any atom is 0.0351 e. The van der Waals surface area contributed by atoms with Gasteiger partial charge in [0.05, 0.1) is 0 Å². The molecule has 1 N–H and O–H groups in total. The van der Waals surface area contributed by atoms with Crippen LogP contribution in [0.2, 0.25) is 0 Å². The predicted molar refractivity (Wildman–Crippen MR) is 48.4 cm³/mol. The Balaban J connectivity index is 3.06. The fourth-order valence-electron chi connectivity index (χ4n) is 0.881. The Morgan fingerprint density at radius 3 is 2.50 bits per heavy atom. The van der Waals surface area contributed by atoms with E-state index < -0.39 is 0 Å². The van der Waals surface area contributed by atoms with Gasteiger partial charge in [-0.15, -0.1) is 0 Å². The van der Waals surface area contributed by atoms with Crippen molar-refractivity contribution < 1.29 is 0 Å². The Morgan fingerprint density at radius 1 is 1.30 bits per heavy atom. The highest BCUT2D eigenvalue weighted by atomic mass is 79.9. The van der Waals surface area contributed by atoms with E-state index >= 15 is 0 Å². The summed E-state index contributed by atoms with van der Waals surface area (Å²) in [4.78, 5) is 0. The van der Waals surface area contributed by atoms with Crippen LogP contribution in [0, 0.1) is 6.92 Å². The van der Waals surface area contributed by atoms with Crippen LogP contribution in [0.15, 0.2) is 22.7 Å².